The van der Waals surface area contributed by atoms with E-state index in [0.717, 1.165) is 19.0 Å². The Morgan fingerprint density at radius 1 is 1.12 bits per heavy atom. The first-order valence-electron chi connectivity index (χ1n) is 11.1. The molecule has 3 aliphatic carbocycles. The second-order valence-corrected chi connectivity index (χ2v) is 8.99. The Kier molecular flexibility index (Phi) is 4.48. The van der Waals surface area contributed by atoms with Gasteiger partial charge in [0.2, 0.25) is 0 Å². The monoisotopic (exact) mass is 435 g/mol. The molecule has 3 fully saturated rings. The molecule has 7 rings (SSSR count). The van der Waals surface area contributed by atoms with Crippen molar-refractivity contribution in [1.82, 2.24) is 19.9 Å². The Labute approximate surface area is 183 Å². The third-order valence-corrected chi connectivity index (χ3v) is 7.28. The highest BCUT2D eigenvalue weighted by atomic mass is 19.1. The summed E-state index contributed by atoms with van der Waals surface area (Å²) < 4.78 is 35.0. The fourth-order valence-electron chi connectivity index (χ4n) is 5.56. The van der Waals surface area contributed by atoms with Crippen molar-refractivity contribution in [3.63, 3.8) is 0 Å². The van der Waals surface area contributed by atoms with Crippen molar-refractivity contribution >= 4 is 16.9 Å². The van der Waals surface area contributed by atoms with E-state index in [0.29, 0.717) is 40.1 Å². The highest BCUT2D eigenvalue weighted by Gasteiger charge is 2.41. The molecule has 3 saturated carbocycles. The van der Waals surface area contributed by atoms with Gasteiger partial charge in [0.25, 0.3) is 0 Å². The van der Waals surface area contributed by atoms with Gasteiger partial charge in [0.15, 0.2) is 23.2 Å². The lowest BCUT2D eigenvalue weighted by atomic mass is 9.62. The fraction of sp³-hybridized carbons (Fsp3) is 0.375. The van der Waals surface area contributed by atoms with E-state index in [1.54, 1.807) is 18.3 Å². The van der Waals surface area contributed by atoms with Gasteiger partial charge in [0.05, 0.1) is 12.5 Å². The van der Waals surface area contributed by atoms with Crippen LogP contribution in [0.3, 0.4) is 0 Å². The Bertz CT molecular complexity index is 1280. The van der Waals surface area contributed by atoms with Crippen LogP contribution in [-0.2, 0) is 0 Å². The lowest BCUT2D eigenvalue weighted by Gasteiger charge is -2.47. The Balaban J connectivity index is 1.48. The largest absolute Gasteiger partial charge is 0.463 e. The second-order valence-electron chi connectivity index (χ2n) is 8.99. The van der Waals surface area contributed by atoms with Crippen LogP contribution in [0.15, 0.2) is 41.3 Å². The topological polar surface area (TPSA) is 79.6 Å². The van der Waals surface area contributed by atoms with Crippen molar-refractivity contribution in [2.75, 3.05) is 5.32 Å². The number of nitrogens with zero attached hydrogens (tertiary/aromatic N) is 3. The zero-order chi connectivity index (χ0) is 21.8. The predicted octanol–water partition coefficient (Wildman–Crippen LogP) is 5.79. The normalized spacial score (nSPS) is 24.8. The molecule has 4 aromatic heterocycles. The highest BCUT2D eigenvalue weighted by Crippen LogP contribution is 2.46. The number of rotatable bonds is 4. The summed E-state index contributed by atoms with van der Waals surface area (Å²) in [5.41, 5.74) is 1.15. The van der Waals surface area contributed by atoms with Crippen LogP contribution in [0.25, 0.3) is 33.9 Å². The third kappa shape index (κ3) is 3.08. The number of aromatic nitrogens is 4. The standard InChI is InChI=1S/C24H23F2N5O/c1-12-13-4-6-14(7-5-13)20(12)29-24-19(26)21(18-3-2-8-32-18)30-23(31-24)17-11-28-22-16(17)9-15(25)10-27-22/h2-3,8-14,20H,4-7H2,1H3,(H,27,28)(H,29,30,31). The number of anilines is 1. The smallest absolute Gasteiger partial charge is 0.194 e. The maximum Gasteiger partial charge on any atom is 0.194 e. The van der Waals surface area contributed by atoms with Gasteiger partial charge in [-0.05, 0) is 61.6 Å². The van der Waals surface area contributed by atoms with Crippen LogP contribution in [0.2, 0.25) is 0 Å². The molecule has 4 aromatic rings. The van der Waals surface area contributed by atoms with Gasteiger partial charge < -0.3 is 14.7 Å². The van der Waals surface area contributed by atoms with E-state index in [4.69, 9.17) is 4.42 Å². The van der Waals surface area contributed by atoms with Crippen molar-refractivity contribution < 1.29 is 13.2 Å². The molecule has 8 heteroatoms. The summed E-state index contributed by atoms with van der Waals surface area (Å²) >= 11 is 0. The Hall–Kier alpha value is -3.29. The maximum atomic E-state index is 15.6. The van der Waals surface area contributed by atoms with Gasteiger partial charge in [-0.3, -0.25) is 0 Å². The maximum absolute atomic E-state index is 15.6. The number of H-pyrrole nitrogens is 1. The van der Waals surface area contributed by atoms with Crippen LogP contribution < -0.4 is 5.32 Å². The quantitative estimate of drug-likeness (QED) is 0.424. The summed E-state index contributed by atoms with van der Waals surface area (Å²) in [5.74, 6) is 1.37. The molecule has 0 amide bonds. The van der Waals surface area contributed by atoms with Crippen LogP contribution in [0.5, 0.6) is 0 Å². The molecule has 0 radical (unpaired) electrons. The van der Waals surface area contributed by atoms with Gasteiger partial charge in [0, 0.05) is 23.2 Å². The number of fused-ring (bicyclic) bond motifs is 4. The molecule has 4 heterocycles. The summed E-state index contributed by atoms with van der Waals surface area (Å²) in [6, 6.07) is 4.89. The number of nitrogens with one attached hydrogen (secondary N) is 2. The first kappa shape index (κ1) is 19.4. The molecule has 0 spiro atoms. The van der Waals surface area contributed by atoms with E-state index in [1.165, 1.54) is 25.2 Å². The summed E-state index contributed by atoms with van der Waals surface area (Å²) in [7, 11) is 0. The van der Waals surface area contributed by atoms with Crippen LogP contribution in [0.4, 0.5) is 14.6 Å². The number of pyridine rings is 1. The Morgan fingerprint density at radius 3 is 2.69 bits per heavy atom. The predicted molar refractivity (Wildman–Crippen MR) is 117 cm³/mol. The van der Waals surface area contributed by atoms with Crippen molar-refractivity contribution in [2.45, 2.75) is 38.6 Å². The molecular weight excluding hydrogens is 412 g/mol. The molecular formula is C24H23F2N5O. The minimum Gasteiger partial charge on any atom is -0.463 e. The van der Waals surface area contributed by atoms with E-state index in [2.05, 4.69) is 32.2 Å². The van der Waals surface area contributed by atoms with Crippen molar-refractivity contribution in [2.24, 2.45) is 17.8 Å². The number of halogens is 2. The first-order chi connectivity index (χ1) is 15.6. The summed E-state index contributed by atoms with van der Waals surface area (Å²) in [6.45, 7) is 2.25. The van der Waals surface area contributed by atoms with Gasteiger partial charge in [-0.25, -0.2) is 23.7 Å². The van der Waals surface area contributed by atoms with Crippen molar-refractivity contribution in [3.8, 4) is 22.8 Å². The van der Waals surface area contributed by atoms with Gasteiger partial charge in [-0.1, -0.05) is 6.92 Å². The molecule has 3 aliphatic rings. The fourth-order valence-corrected chi connectivity index (χ4v) is 5.56. The lowest BCUT2D eigenvalue weighted by Crippen LogP contribution is -2.47. The molecule has 0 aromatic carbocycles. The third-order valence-electron chi connectivity index (χ3n) is 7.28. The van der Waals surface area contributed by atoms with Crippen LogP contribution in [-0.4, -0.2) is 26.0 Å². The average Bonchev–Trinajstić information content (AvgIpc) is 3.48. The summed E-state index contributed by atoms with van der Waals surface area (Å²) in [5, 5.41) is 3.97. The molecule has 2 bridgehead atoms. The van der Waals surface area contributed by atoms with E-state index in [9.17, 15) is 4.39 Å². The SMILES string of the molecule is CC1C2CCC(CC2)C1Nc1nc(-c2c[nH]c3ncc(F)cc23)nc(-c2ccco2)c1F. The molecule has 2 atom stereocenters. The minimum absolute atomic E-state index is 0.0786. The summed E-state index contributed by atoms with van der Waals surface area (Å²) in [6.07, 6.45) is 9.10. The molecule has 2 N–H and O–H groups in total. The molecule has 2 unspecified atom stereocenters. The Morgan fingerprint density at radius 2 is 1.94 bits per heavy atom. The van der Waals surface area contributed by atoms with Gasteiger partial charge in [-0.2, -0.15) is 0 Å². The van der Waals surface area contributed by atoms with Crippen molar-refractivity contribution in [1.29, 1.82) is 0 Å². The van der Waals surface area contributed by atoms with Crippen LogP contribution >= 0.6 is 0 Å². The number of furan rings is 1. The van der Waals surface area contributed by atoms with Gasteiger partial charge in [0.1, 0.15) is 17.2 Å². The summed E-state index contributed by atoms with van der Waals surface area (Å²) in [4.78, 5) is 16.1. The van der Waals surface area contributed by atoms with E-state index in [-0.39, 0.29) is 23.4 Å². The highest BCUT2D eigenvalue weighted by molar-refractivity contribution is 5.92. The molecule has 0 saturated heterocycles. The molecule has 0 aliphatic heterocycles. The van der Waals surface area contributed by atoms with Gasteiger partial charge in [-0.15, -0.1) is 0 Å². The molecule has 32 heavy (non-hydrogen) atoms. The van der Waals surface area contributed by atoms with E-state index in [1.807, 2.05) is 0 Å². The zero-order valence-corrected chi connectivity index (χ0v) is 17.6. The number of aromatic amines is 1. The second kappa shape index (κ2) is 7.39. The zero-order valence-electron chi connectivity index (χ0n) is 17.6. The van der Waals surface area contributed by atoms with E-state index < -0.39 is 11.6 Å². The minimum atomic E-state index is -0.540. The van der Waals surface area contributed by atoms with Crippen LogP contribution in [0.1, 0.15) is 32.6 Å². The number of hydrogen-bond acceptors (Lipinski definition) is 5. The van der Waals surface area contributed by atoms with E-state index >= 15 is 4.39 Å². The van der Waals surface area contributed by atoms with Crippen LogP contribution in [0, 0.1) is 29.4 Å². The van der Waals surface area contributed by atoms with Crippen molar-refractivity contribution in [3.05, 3.63) is 48.5 Å². The molecule has 164 valence electrons. The number of hydrogen-bond donors (Lipinski definition) is 2. The average molecular weight is 435 g/mol. The lowest BCUT2D eigenvalue weighted by molar-refractivity contribution is 0.0926. The molecule has 6 nitrogen and oxygen atoms in total. The van der Waals surface area contributed by atoms with Gasteiger partial charge >= 0.3 is 0 Å². The first-order valence-corrected chi connectivity index (χ1v) is 11.1.